The molecule has 1 aromatic rings. The van der Waals surface area contributed by atoms with E-state index in [0.717, 1.165) is 13.2 Å². The molecular weight excluding hydrogens is 186 g/mol. The fourth-order valence-electron chi connectivity index (χ4n) is 0.928. The molecule has 0 saturated carbocycles. The van der Waals surface area contributed by atoms with Gasteiger partial charge in [-0.15, -0.1) is 0 Å². The molecule has 0 aromatic carbocycles. The van der Waals surface area contributed by atoms with E-state index in [1.807, 2.05) is 6.07 Å². The molecule has 1 aliphatic heterocycles. The number of nitriles is 1. The van der Waals surface area contributed by atoms with Gasteiger partial charge in [0.15, 0.2) is 5.69 Å². The van der Waals surface area contributed by atoms with E-state index in [9.17, 15) is 0 Å². The lowest BCUT2D eigenvalue weighted by Gasteiger charge is -2.24. The average molecular weight is 193 g/mol. The van der Waals surface area contributed by atoms with Gasteiger partial charge in [-0.05, 0) is 0 Å². The third kappa shape index (κ3) is 1.79. The molecule has 0 radical (unpaired) electrons. The number of hydrogen-bond acceptors (Lipinski definition) is 5. The van der Waals surface area contributed by atoms with E-state index in [1.165, 1.54) is 6.20 Å². The van der Waals surface area contributed by atoms with Crippen molar-refractivity contribution in [2.24, 2.45) is 0 Å². The summed E-state index contributed by atoms with van der Waals surface area (Å²) in [7, 11) is 0. The van der Waals surface area contributed by atoms with Crippen LogP contribution in [0.4, 0.5) is 0 Å². The van der Waals surface area contributed by atoms with Crippen LogP contribution in [0.2, 0.25) is 0 Å². The van der Waals surface area contributed by atoms with Crippen molar-refractivity contribution in [1.29, 1.82) is 5.26 Å². The van der Waals surface area contributed by atoms with Crippen LogP contribution in [0.5, 0.6) is 0 Å². The SMILES string of the molecule is N#Cc1nccnc1SC1COC1. The lowest BCUT2D eigenvalue weighted by Crippen LogP contribution is -2.30. The predicted molar refractivity (Wildman–Crippen MR) is 47.2 cm³/mol. The highest BCUT2D eigenvalue weighted by Crippen LogP contribution is 2.27. The second-order valence-corrected chi connectivity index (χ2v) is 3.89. The minimum atomic E-state index is 0.402. The van der Waals surface area contributed by atoms with E-state index in [-0.39, 0.29) is 0 Å². The van der Waals surface area contributed by atoms with Crippen molar-refractivity contribution in [1.82, 2.24) is 9.97 Å². The Morgan fingerprint density at radius 3 is 2.85 bits per heavy atom. The third-order valence-electron chi connectivity index (χ3n) is 1.66. The number of aromatic nitrogens is 2. The van der Waals surface area contributed by atoms with Crippen molar-refractivity contribution >= 4 is 11.8 Å². The maximum absolute atomic E-state index is 8.72. The van der Waals surface area contributed by atoms with Crippen molar-refractivity contribution in [2.75, 3.05) is 13.2 Å². The smallest absolute Gasteiger partial charge is 0.172 e. The molecule has 0 N–H and O–H groups in total. The van der Waals surface area contributed by atoms with E-state index < -0.39 is 0 Å². The first-order valence-electron chi connectivity index (χ1n) is 3.85. The van der Waals surface area contributed by atoms with Gasteiger partial charge in [0.25, 0.3) is 0 Å². The fraction of sp³-hybridized carbons (Fsp3) is 0.375. The Morgan fingerprint density at radius 1 is 1.46 bits per heavy atom. The van der Waals surface area contributed by atoms with Gasteiger partial charge >= 0.3 is 0 Å². The summed E-state index contributed by atoms with van der Waals surface area (Å²) in [4.78, 5) is 8.02. The lowest BCUT2D eigenvalue weighted by atomic mass is 10.4. The zero-order chi connectivity index (χ0) is 9.10. The van der Waals surface area contributed by atoms with Crippen molar-refractivity contribution in [3.05, 3.63) is 18.1 Å². The van der Waals surface area contributed by atoms with Crippen molar-refractivity contribution in [3.8, 4) is 6.07 Å². The molecule has 1 aromatic heterocycles. The quantitative estimate of drug-likeness (QED) is 0.696. The summed E-state index contributed by atoms with van der Waals surface area (Å²) in [5.41, 5.74) is 0.402. The second-order valence-electron chi connectivity index (χ2n) is 2.60. The first kappa shape index (κ1) is 8.48. The van der Waals surface area contributed by atoms with Gasteiger partial charge in [-0.2, -0.15) is 5.26 Å². The summed E-state index contributed by atoms with van der Waals surface area (Å²) in [6.07, 6.45) is 3.13. The molecule has 5 heteroatoms. The largest absolute Gasteiger partial charge is 0.379 e. The predicted octanol–water partition coefficient (Wildman–Crippen LogP) is 0.839. The highest BCUT2D eigenvalue weighted by Gasteiger charge is 2.21. The Bertz CT molecular complexity index is 345. The van der Waals surface area contributed by atoms with E-state index in [0.29, 0.717) is 16.0 Å². The van der Waals surface area contributed by atoms with Gasteiger partial charge in [0, 0.05) is 12.4 Å². The molecule has 13 heavy (non-hydrogen) atoms. The topological polar surface area (TPSA) is 58.8 Å². The van der Waals surface area contributed by atoms with Crippen molar-refractivity contribution in [2.45, 2.75) is 10.3 Å². The van der Waals surface area contributed by atoms with Gasteiger partial charge < -0.3 is 4.74 Å². The minimum Gasteiger partial charge on any atom is -0.379 e. The molecule has 0 bridgehead atoms. The van der Waals surface area contributed by atoms with Crippen LogP contribution in [0.1, 0.15) is 5.69 Å². The summed E-state index contributed by atoms with van der Waals surface area (Å²) in [5.74, 6) is 0. The first-order valence-corrected chi connectivity index (χ1v) is 4.73. The molecule has 66 valence electrons. The molecule has 0 spiro atoms. The van der Waals surface area contributed by atoms with E-state index in [1.54, 1.807) is 18.0 Å². The number of hydrogen-bond donors (Lipinski definition) is 0. The Morgan fingerprint density at radius 2 is 2.23 bits per heavy atom. The third-order valence-corrected chi connectivity index (χ3v) is 2.78. The maximum Gasteiger partial charge on any atom is 0.172 e. The Balaban J connectivity index is 2.14. The first-order chi connectivity index (χ1) is 6.40. The van der Waals surface area contributed by atoms with Gasteiger partial charge in [0.05, 0.1) is 18.5 Å². The number of ether oxygens (including phenoxy) is 1. The molecule has 0 unspecified atom stereocenters. The second kappa shape index (κ2) is 3.73. The molecule has 0 aliphatic carbocycles. The summed E-state index contributed by atoms with van der Waals surface area (Å²) in [5, 5.41) is 9.87. The molecule has 0 atom stereocenters. The molecule has 1 aliphatic rings. The Hall–Kier alpha value is -1.12. The van der Waals surface area contributed by atoms with Gasteiger partial charge in [-0.3, -0.25) is 0 Å². The Kier molecular flexibility index (Phi) is 2.43. The lowest BCUT2D eigenvalue weighted by molar-refractivity contribution is 0.0454. The van der Waals surface area contributed by atoms with Gasteiger partial charge in [-0.1, -0.05) is 11.8 Å². The fourth-order valence-corrected chi connectivity index (χ4v) is 1.90. The average Bonchev–Trinajstić information content (AvgIpc) is 2.12. The van der Waals surface area contributed by atoms with Crippen LogP contribution in [-0.4, -0.2) is 28.4 Å². The van der Waals surface area contributed by atoms with E-state index >= 15 is 0 Å². The summed E-state index contributed by atoms with van der Waals surface area (Å²) < 4.78 is 5.03. The molecule has 4 nitrogen and oxygen atoms in total. The molecule has 1 saturated heterocycles. The summed E-state index contributed by atoms with van der Waals surface area (Å²) in [6, 6.07) is 2.01. The van der Waals surface area contributed by atoms with Crippen molar-refractivity contribution in [3.63, 3.8) is 0 Å². The van der Waals surface area contributed by atoms with Gasteiger partial charge in [0.1, 0.15) is 11.1 Å². The highest BCUT2D eigenvalue weighted by atomic mass is 32.2. The van der Waals surface area contributed by atoms with Gasteiger partial charge in [-0.25, -0.2) is 9.97 Å². The van der Waals surface area contributed by atoms with Crippen LogP contribution in [0.3, 0.4) is 0 Å². The molecule has 0 amide bonds. The van der Waals surface area contributed by atoms with Gasteiger partial charge in [0.2, 0.25) is 0 Å². The highest BCUT2D eigenvalue weighted by molar-refractivity contribution is 8.00. The zero-order valence-corrected chi connectivity index (χ0v) is 7.62. The molecular formula is C8H7N3OS. The number of nitrogens with zero attached hydrogens (tertiary/aromatic N) is 3. The monoisotopic (exact) mass is 193 g/mol. The van der Waals surface area contributed by atoms with Crippen LogP contribution in [0.15, 0.2) is 17.4 Å². The summed E-state index contributed by atoms with van der Waals surface area (Å²) in [6.45, 7) is 1.48. The molecule has 2 rings (SSSR count). The van der Waals surface area contributed by atoms with Crippen LogP contribution >= 0.6 is 11.8 Å². The number of rotatable bonds is 2. The molecule has 2 heterocycles. The number of thioether (sulfide) groups is 1. The van der Waals surface area contributed by atoms with Crippen molar-refractivity contribution < 1.29 is 4.74 Å². The van der Waals surface area contributed by atoms with Crippen LogP contribution in [0, 0.1) is 11.3 Å². The maximum atomic E-state index is 8.72. The summed E-state index contributed by atoms with van der Waals surface area (Å²) >= 11 is 1.56. The van der Waals surface area contributed by atoms with E-state index in [2.05, 4.69) is 9.97 Å². The minimum absolute atomic E-state index is 0.402. The normalized spacial score (nSPS) is 16.2. The zero-order valence-electron chi connectivity index (χ0n) is 6.80. The van der Waals surface area contributed by atoms with Crippen LogP contribution in [0.25, 0.3) is 0 Å². The Labute approximate surface area is 80.0 Å². The van der Waals surface area contributed by atoms with E-state index in [4.69, 9.17) is 10.00 Å². The molecule has 1 fully saturated rings. The van der Waals surface area contributed by atoms with Crippen LogP contribution in [-0.2, 0) is 4.74 Å². The standard InChI is InChI=1S/C8H7N3OS/c9-3-7-8(11-2-1-10-7)13-6-4-12-5-6/h1-2,6H,4-5H2. The van der Waals surface area contributed by atoms with Crippen LogP contribution < -0.4 is 0 Å².